The molecule has 32 heavy (non-hydrogen) atoms. The number of rotatable bonds is 14. The van der Waals surface area contributed by atoms with Gasteiger partial charge in [-0.05, 0) is 37.5 Å². The number of urea groups is 1. The normalized spacial score (nSPS) is 15.8. The lowest BCUT2D eigenvalue weighted by atomic mass is 9.94. The Labute approximate surface area is 191 Å². The predicted octanol–water partition coefficient (Wildman–Crippen LogP) is 5.41. The van der Waals surface area contributed by atoms with E-state index in [-0.39, 0.29) is 6.03 Å². The van der Waals surface area contributed by atoms with Crippen molar-refractivity contribution in [2.45, 2.75) is 78.2 Å². The number of nitrogens with one attached hydrogen (secondary N) is 2. The van der Waals surface area contributed by atoms with Crippen molar-refractivity contribution in [1.82, 2.24) is 10.6 Å². The third-order valence-electron chi connectivity index (χ3n) is 5.52. The van der Waals surface area contributed by atoms with Crippen molar-refractivity contribution in [3.63, 3.8) is 0 Å². The average molecular weight is 447 g/mol. The highest BCUT2D eigenvalue weighted by atomic mass is 16.5. The summed E-state index contributed by atoms with van der Waals surface area (Å²) in [5, 5.41) is 5.54. The first kappa shape index (κ1) is 25.6. The number of carbonyl (C=O) groups excluding carboxylic acids is 2. The molecule has 1 aliphatic rings. The molecule has 1 unspecified atom stereocenters. The minimum atomic E-state index is -0.623. The van der Waals surface area contributed by atoms with Crippen molar-refractivity contribution in [2.75, 3.05) is 20.3 Å². The Hall–Kier alpha value is -2.70. The van der Waals surface area contributed by atoms with Crippen molar-refractivity contribution < 1.29 is 23.8 Å². The van der Waals surface area contributed by atoms with Gasteiger partial charge in [-0.2, -0.15) is 0 Å². The minimum Gasteiger partial charge on any atom is -0.490 e. The molecule has 1 aromatic carbocycles. The number of carbonyl (C=O) groups is 2. The molecule has 2 amide bonds. The van der Waals surface area contributed by atoms with Crippen LogP contribution in [-0.2, 0) is 9.53 Å². The Morgan fingerprint density at radius 2 is 1.69 bits per heavy atom. The topological polar surface area (TPSA) is 85.9 Å². The zero-order valence-corrected chi connectivity index (χ0v) is 19.9. The van der Waals surface area contributed by atoms with Crippen molar-refractivity contribution in [2.24, 2.45) is 0 Å². The smallest absolute Gasteiger partial charge is 0.337 e. The first-order valence-corrected chi connectivity index (χ1v) is 11.8. The highest BCUT2D eigenvalue weighted by molar-refractivity contribution is 5.95. The molecule has 2 N–H and O–H groups in total. The van der Waals surface area contributed by atoms with E-state index in [0.29, 0.717) is 42.4 Å². The lowest BCUT2D eigenvalue weighted by Gasteiger charge is -2.29. The summed E-state index contributed by atoms with van der Waals surface area (Å²) in [7, 11) is 1.34. The fourth-order valence-corrected chi connectivity index (χ4v) is 3.83. The van der Waals surface area contributed by atoms with Crippen LogP contribution in [0.1, 0.15) is 83.7 Å². The molecular formula is C25H38N2O5. The number of benzene rings is 1. The van der Waals surface area contributed by atoms with Gasteiger partial charge in [0.1, 0.15) is 0 Å². The van der Waals surface area contributed by atoms with E-state index < -0.39 is 12.0 Å². The quantitative estimate of drug-likeness (QED) is 0.295. The monoisotopic (exact) mass is 446 g/mol. The summed E-state index contributed by atoms with van der Waals surface area (Å²) >= 11 is 0. The Morgan fingerprint density at radius 3 is 2.34 bits per heavy atom. The molecule has 1 atom stereocenters. The number of amides is 2. The van der Waals surface area contributed by atoms with Crippen LogP contribution in [0.4, 0.5) is 4.79 Å². The van der Waals surface area contributed by atoms with Crippen LogP contribution in [0, 0.1) is 0 Å². The Morgan fingerprint density at radius 1 is 0.969 bits per heavy atom. The Bertz CT molecular complexity index is 791. The molecule has 0 spiro atoms. The van der Waals surface area contributed by atoms with Gasteiger partial charge in [0.2, 0.25) is 0 Å². The molecule has 0 fully saturated rings. The van der Waals surface area contributed by atoms with E-state index in [9.17, 15) is 9.59 Å². The van der Waals surface area contributed by atoms with Gasteiger partial charge in [-0.25, -0.2) is 9.59 Å². The molecule has 0 saturated carbocycles. The van der Waals surface area contributed by atoms with Crippen LogP contribution >= 0.6 is 0 Å². The zero-order valence-electron chi connectivity index (χ0n) is 19.9. The molecule has 7 nitrogen and oxygen atoms in total. The summed E-state index contributed by atoms with van der Waals surface area (Å²) in [6.45, 7) is 7.13. The maximum absolute atomic E-state index is 12.5. The van der Waals surface area contributed by atoms with Crippen LogP contribution in [0.5, 0.6) is 11.5 Å². The van der Waals surface area contributed by atoms with Gasteiger partial charge in [0.25, 0.3) is 0 Å². The van der Waals surface area contributed by atoms with Gasteiger partial charge in [0.05, 0.1) is 31.9 Å². The lowest BCUT2D eigenvalue weighted by Crippen LogP contribution is -2.45. The molecule has 0 bridgehead atoms. The number of allylic oxidation sites excluding steroid dienone is 1. The molecule has 0 aliphatic carbocycles. The molecule has 1 heterocycles. The summed E-state index contributed by atoms with van der Waals surface area (Å²) in [6, 6.07) is 4.56. The van der Waals surface area contributed by atoms with Crippen LogP contribution in [0.2, 0.25) is 0 Å². The fraction of sp³-hybridized carbons (Fsp3) is 0.600. The molecule has 2 rings (SSSR count). The largest absolute Gasteiger partial charge is 0.490 e. The van der Waals surface area contributed by atoms with E-state index >= 15 is 0 Å². The number of hydrogen-bond donors (Lipinski definition) is 2. The van der Waals surface area contributed by atoms with E-state index in [0.717, 1.165) is 18.4 Å². The average Bonchev–Trinajstić information content (AvgIpc) is 2.80. The van der Waals surface area contributed by atoms with Gasteiger partial charge in [-0.15, -0.1) is 0 Å². The number of esters is 1. The van der Waals surface area contributed by atoms with Gasteiger partial charge in [0.15, 0.2) is 11.5 Å². The van der Waals surface area contributed by atoms with Crippen LogP contribution in [0.3, 0.4) is 0 Å². The van der Waals surface area contributed by atoms with Crippen LogP contribution in [-0.4, -0.2) is 32.3 Å². The molecule has 7 heteroatoms. The van der Waals surface area contributed by atoms with Crippen LogP contribution < -0.4 is 20.1 Å². The van der Waals surface area contributed by atoms with Crippen molar-refractivity contribution in [1.29, 1.82) is 0 Å². The third kappa shape index (κ3) is 7.18. The Balaban J connectivity index is 2.12. The van der Waals surface area contributed by atoms with Gasteiger partial charge >= 0.3 is 12.0 Å². The Kier molecular flexibility index (Phi) is 10.9. The second kappa shape index (κ2) is 13.7. The molecule has 0 radical (unpaired) electrons. The molecule has 1 aromatic rings. The first-order chi connectivity index (χ1) is 15.5. The fourth-order valence-electron chi connectivity index (χ4n) is 3.83. The summed E-state index contributed by atoms with van der Waals surface area (Å²) in [5.74, 6) is 0.792. The number of ether oxygens (including phenoxy) is 3. The molecule has 1 aliphatic heterocycles. The number of unbranched alkanes of at least 4 members (excludes halogenated alkanes) is 6. The molecule has 178 valence electrons. The van der Waals surface area contributed by atoms with Crippen LogP contribution in [0.25, 0.3) is 0 Å². The maximum atomic E-state index is 12.5. The molecular weight excluding hydrogens is 408 g/mol. The van der Waals surface area contributed by atoms with Crippen molar-refractivity contribution in [3.8, 4) is 11.5 Å². The molecule has 0 saturated heterocycles. The van der Waals surface area contributed by atoms with E-state index in [1.807, 2.05) is 32.0 Å². The van der Waals surface area contributed by atoms with E-state index in [1.165, 1.54) is 39.2 Å². The third-order valence-corrected chi connectivity index (χ3v) is 5.52. The van der Waals surface area contributed by atoms with Gasteiger partial charge in [0, 0.05) is 5.70 Å². The van der Waals surface area contributed by atoms with Crippen molar-refractivity contribution in [3.05, 3.63) is 35.0 Å². The number of methoxy groups -OCH3 is 1. The summed E-state index contributed by atoms with van der Waals surface area (Å²) in [5.41, 5.74) is 1.69. The van der Waals surface area contributed by atoms with Gasteiger partial charge in [-0.3, -0.25) is 0 Å². The summed E-state index contributed by atoms with van der Waals surface area (Å²) in [4.78, 5) is 24.6. The van der Waals surface area contributed by atoms with Crippen LogP contribution in [0.15, 0.2) is 29.5 Å². The zero-order chi connectivity index (χ0) is 23.3. The second-order valence-corrected chi connectivity index (χ2v) is 7.88. The predicted molar refractivity (Wildman–Crippen MR) is 125 cm³/mol. The number of hydrogen-bond acceptors (Lipinski definition) is 5. The van der Waals surface area contributed by atoms with Crippen molar-refractivity contribution >= 4 is 12.0 Å². The van der Waals surface area contributed by atoms with E-state index in [1.54, 1.807) is 0 Å². The standard InChI is InChI=1S/C25H38N2O5/c1-5-8-9-10-11-12-13-16-32-20-15-14-18(17-21(20)31-7-3)23-22(24(28)30-4)19(6-2)26-25(29)27-23/h14-15,17,23H,5-13,16H2,1-4H3,(H2,26,27,29). The van der Waals surface area contributed by atoms with E-state index in [4.69, 9.17) is 14.2 Å². The minimum absolute atomic E-state index is 0.350. The van der Waals surface area contributed by atoms with Gasteiger partial charge in [-0.1, -0.05) is 58.4 Å². The summed E-state index contributed by atoms with van der Waals surface area (Å²) in [6.07, 6.45) is 9.05. The van der Waals surface area contributed by atoms with Gasteiger partial charge < -0.3 is 24.8 Å². The summed E-state index contributed by atoms with van der Waals surface area (Å²) < 4.78 is 16.8. The molecule has 0 aromatic heterocycles. The first-order valence-electron chi connectivity index (χ1n) is 11.8. The van der Waals surface area contributed by atoms with E-state index in [2.05, 4.69) is 17.6 Å². The second-order valence-electron chi connectivity index (χ2n) is 7.88. The maximum Gasteiger partial charge on any atom is 0.337 e. The highest BCUT2D eigenvalue weighted by Gasteiger charge is 2.33. The highest BCUT2D eigenvalue weighted by Crippen LogP contribution is 2.35. The SMILES string of the molecule is CCCCCCCCCOc1ccc(C2NC(=O)NC(CC)=C2C(=O)OC)cc1OCC. The lowest BCUT2D eigenvalue weighted by molar-refractivity contribution is -0.136.